The van der Waals surface area contributed by atoms with E-state index in [2.05, 4.69) is 5.32 Å². The Kier molecular flexibility index (Phi) is 5.03. The summed E-state index contributed by atoms with van der Waals surface area (Å²) < 4.78 is 10.4. The van der Waals surface area contributed by atoms with Crippen LogP contribution in [-0.4, -0.2) is 42.8 Å². The molecule has 120 valence electrons. The normalized spacial score (nSPS) is 16.8. The number of ether oxygens (including phenoxy) is 2. The van der Waals surface area contributed by atoms with Gasteiger partial charge >= 0.3 is 5.97 Å². The standard InChI is InChI=1S/C16H21NO5/c1-11-3-4-12(9-13(11)21-2)10-14(18)17-16(15(19)20)5-7-22-8-6-16/h3-4,9H,5-8,10H2,1-2H3,(H,17,18)(H,19,20). The van der Waals surface area contributed by atoms with Gasteiger partial charge in [-0.15, -0.1) is 0 Å². The van der Waals surface area contributed by atoms with Crippen LogP contribution in [0.1, 0.15) is 24.0 Å². The van der Waals surface area contributed by atoms with Crippen molar-refractivity contribution in [1.82, 2.24) is 5.32 Å². The number of hydrogen-bond donors (Lipinski definition) is 2. The van der Waals surface area contributed by atoms with E-state index < -0.39 is 11.5 Å². The van der Waals surface area contributed by atoms with E-state index in [4.69, 9.17) is 9.47 Å². The average Bonchev–Trinajstić information content (AvgIpc) is 2.50. The van der Waals surface area contributed by atoms with Gasteiger partial charge < -0.3 is 19.9 Å². The number of carboxylic acids is 1. The molecule has 2 N–H and O–H groups in total. The van der Waals surface area contributed by atoms with E-state index in [9.17, 15) is 14.7 Å². The third-order valence-corrected chi connectivity index (χ3v) is 3.97. The molecule has 1 saturated heterocycles. The van der Waals surface area contributed by atoms with Crippen molar-refractivity contribution in [2.75, 3.05) is 20.3 Å². The Hall–Kier alpha value is -2.08. The van der Waals surface area contributed by atoms with Crippen LogP contribution >= 0.6 is 0 Å². The largest absolute Gasteiger partial charge is 0.496 e. The third kappa shape index (κ3) is 3.57. The molecule has 0 aromatic heterocycles. The molecule has 2 rings (SSSR count). The molecular weight excluding hydrogens is 286 g/mol. The molecule has 0 aliphatic carbocycles. The molecule has 6 heteroatoms. The number of methoxy groups -OCH3 is 1. The molecule has 0 spiro atoms. The molecule has 6 nitrogen and oxygen atoms in total. The van der Waals surface area contributed by atoms with Gasteiger partial charge in [-0.25, -0.2) is 4.79 Å². The fraction of sp³-hybridized carbons (Fsp3) is 0.500. The highest BCUT2D eigenvalue weighted by molar-refractivity contribution is 5.88. The summed E-state index contributed by atoms with van der Waals surface area (Å²) in [7, 11) is 1.58. The maximum Gasteiger partial charge on any atom is 0.329 e. The lowest BCUT2D eigenvalue weighted by Gasteiger charge is -2.33. The van der Waals surface area contributed by atoms with E-state index in [1.54, 1.807) is 13.2 Å². The van der Waals surface area contributed by atoms with Crippen LogP contribution in [0.5, 0.6) is 5.75 Å². The van der Waals surface area contributed by atoms with E-state index in [-0.39, 0.29) is 25.2 Å². The number of carbonyl (C=O) groups is 2. The summed E-state index contributed by atoms with van der Waals surface area (Å²) in [5.74, 6) is -0.606. The fourth-order valence-electron chi connectivity index (χ4n) is 2.58. The first-order chi connectivity index (χ1) is 10.5. The Morgan fingerprint density at radius 1 is 1.36 bits per heavy atom. The highest BCUT2D eigenvalue weighted by Gasteiger charge is 2.41. The van der Waals surface area contributed by atoms with Crippen LogP contribution in [0, 0.1) is 6.92 Å². The summed E-state index contributed by atoms with van der Waals surface area (Å²) in [5, 5.41) is 12.1. The first-order valence-electron chi connectivity index (χ1n) is 7.22. The van der Waals surface area contributed by atoms with Gasteiger partial charge in [-0.05, 0) is 24.1 Å². The van der Waals surface area contributed by atoms with E-state index in [0.29, 0.717) is 19.0 Å². The van der Waals surface area contributed by atoms with Crippen molar-refractivity contribution >= 4 is 11.9 Å². The van der Waals surface area contributed by atoms with Crippen LogP contribution in [0.15, 0.2) is 18.2 Å². The van der Waals surface area contributed by atoms with E-state index >= 15 is 0 Å². The lowest BCUT2D eigenvalue weighted by molar-refractivity contribution is -0.152. The fourth-order valence-corrected chi connectivity index (χ4v) is 2.58. The first kappa shape index (κ1) is 16.3. The molecule has 22 heavy (non-hydrogen) atoms. The third-order valence-electron chi connectivity index (χ3n) is 3.97. The van der Waals surface area contributed by atoms with Crippen molar-refractivity contribution in [2.24, 2.45) is 0 Å². The summed E-state index contributed by atoms with van der Waals surface area (Å²) in [4.78, 5) is 23.7. The zero-order valence-electron chi connectivity index (χ0n) is 12.8. The van der Waals surface area contributed by atoms with Crippen molar-refractivity contribution in [1.29, 1.82) is 0 Å². The summed E-state index contributed by atoms with van der Waals surface area (Å²) in [6, 6.07) is 5.52. The Balaban J connectivity index is 2.07. The lowest BCUT2D eigenvalue weighted by Crippen LogP contribution is -2.57. The number of amides is 1. The molecule has 0 unspecified atom stereocenters. The van der Waals surface area contributed by atoms with Crippen LogP contribution in [0.4, 0.5) is 0 Å². The predicted octanol–water partition coefficient (Wildman–Crippen LogP) is 1.30. The van der Waals surface area contributed by atoms with E-state index in [1.165, 1.54) is 0 Å². The van der Waals surface area contributed by atoms with Gasteiger partial charge in [0.2, 0.25) is 5.91 Å². The van der Waals surface area contributed by atoms with Crippen LogP contribution in [-0.2, 0) is 20.7 Å². The Morgan fingerprint density at radius 3 is 2.64 bits per heavy atom. The first-order valence-corrected chi connectivity index (χ1v) is 7.22. The Labute approximate surface area is 129 Å². The minimum absolute atomic E-state index is 0.118. The molecule has 0 atom stereocenters. The number of carbonyl (C=O) groups excluding carboxylic acids is 1. The molecule has 0 bridgehead atoms. The second kappa shape index (κ2) is 6.79. The molecule has 1 aliphatic rings. The number of rotatable bonds is 5. The highest BCUT2D eigenvalue weighted by Crippen LogP contribution is 2.22. The van der Waals surface area contributed by atoms with Crippen LogP contribution in [0.25, 0.3) is 0 Å². The molecule has 1 aromatic rings. The molecule has 0 radical (unpaired) electrons. The highest BCUT2D eigenvalue weighted by atomic mass is 16.5. The number of benzene rings is 1. The number of aliphatic carboxylic acids is 1. The van der Waals surface area contributed by atoms with Gasteiger partial charge in [0.15, 0.2) is 0 Å². The molecular formula is C16H21NO5. The number of nitrogens with one attached hydrogen (secondary N) is 1. The van der Waals surface area contributed by atoms with Gasteiger partial charge in [-0.1, -0.05) is 12.1 Å². The van der Waals surface area contributed by atoms with Gasteiger partial charge in [-0.2, -0.15) is 0 Å². The second-order valence-electron chi connectivity index (χ2n) is 5.53. The lowest BCUT2D eigenvalue weighted by atomic mass is 9.89. The van der Waals surface area contributed by atoms with Crippen molar-refractivity contribution in [3.05, 3.63) is 29.3 Å². The van der Waals surface area contributed by atoms with Crippen molar-refractivity contribution < 1.29 is 24.2 Å². The number of carboxylic acid groups (broad SMARTS) is 1. The molecule has 0 saturated carbocycles. The van der Waals surface area contributed by atoms with E-state index in [1.807, 2.05) is 19.1 Å². The smallest absolute Gasteiger partial charge is 0.329 e. The zero-order chi connectivity index (χ0) is 16.2. The van der Waals surface area contributed by atoms with Crippen LogP contribution in [0.2, 0.25) is 0 Å². The minimum Gasteiger partial charge on any atom is -0.496 e. The van der Waals surface area contributed by atoms with E-state index in [0.717, 1.165) is 11.1 Å². The maximum absolute atomic E-state index is 12.2. The number of aryl methyl sites for hydroxylation is 1. The molecule has 1 fully saturated rings. The summed E-state index contributed by atoms with van der Waals surface area (Å²) in [5.41, 5.74) is 0.551. The molecule has 1 heterocycles. The van der Waals surface area contributed by atoms with Gasteiger partial charge in [0.25, 0.3) is 0 Å². The number of hydrogen-bond acceptors (Lipinski definition) is 4. The molecule has 1 aromatic carbocycles. The maximum atomic E-state index is 12.2. The monoisotopic (exact) mass is 307 g/mol. The zero-order valence-corrected chi connectivity index (χ0v) is 12.8. The van der Waals surface area contributed by atoms with Crippen molar-refractivity contribution in [2.45, 2.75) is 31.7 Å². The van der Waals surface area contributed by atoms with Crippen molar-refractivity contribution in [3.8, 4) is 5.75 Å². The quantitative estimate of drug-likeness (QED) is 0.856. The van der Waals surface area contributed by atoms with Crippen LogP contribution in [0.3, 0.4) is 0 Å². The topological polar surface area (TPSA) is 84.9 Å². The van der Waals surface area contributed by atoms with Gasteiger partial charge in [-0.3, -0.25) is 4.79 Å². The Morgan fingerprint density at radius 2 is 2.05 bits per heavy atom. The van der Waals surface area contributed by atoms with Gasteiger partial charge in [0, 0.05) is 26.1 Å². The SMILES string of the molecule is COc1cc(CC(=O)NC2(C(=O)O)CCOCC2)ccc1C. The van der Waals surface area contributed by atoms with Crippen LogP contribution < -0.4 is 10.1 Å². The average molecular weight is 307 g/mol. The summed E-state index contributed by atoms with van der Waals surface area (Å²) in [6.45, 7) is 2.60. The summed E-state index contributed by atoms with van der Waals surface area (Å²) >= 11 is 0. The van der Waals surface area contributed by atoms with Gasteiger partial charge in [0.1, 0.15) is 11.3 Å². The molecule has 1 amide bonds. The minimum atomic E-state index is -1.22. The van der Waals surface area contributed by atoms with Gasteiger partial charge in [0.05, 0.1) is 13.5 Å². The molecule has 1 aliphatic heterocycles. The second-order valence-corrected chi connectivity index (χ2v) is 5.53. The Bertz CT molecular complexity index is 564. The summed E-state index contributed by atoms with van der Waals surface area (Å²) in [6.07, 6.45) is 0.684. The van der Waals surface area contributed by atoms with Crippen molar-refractivity contribution in [3.63, 3.8) is 0 Å². The predicted molar refractivity (Wildman–Crippen MR) is 80.0 cm³/mol.